The molecule has 0 aromatic heterocycles. The summed E-state index contributed by atoms with van der Waals surface area (Å²) in [4.78, 5) is 13.6. The number of para-hydroxylation sites is 1. The molecule has 1 amide bonds. The molecule has 0 radical (unpaired) electrons. The zero-order valence-corrected chi connectivity index (χ0v) is 10.0. The maximum Gasteiger partial charge on any atom is 0.224 e. The first-order valence-corrected chi connectivity index (χ1v) is 5.59. The van der Waals surface area contributed by atoms with Crippen molar-refractivity contribution >= 4 is 11.6 Å². The number of anilines is 1. The molecule has 1 heterocycles. The number of carbonyl (C=O) groups excluding carboxylic acids is 1. The average Bonchev–Trinajstić information content (AvgIpc) is 2.18. The van der Waals surface area contributed by atoms with Crippen LogP contribution in [0, 0.1) is 0 Å². The Morgan fingerprint density at radius 1 is 1.44 bits per heavy atom. The number of rotatable bonds is 0. The molecule has 1 aliphatic heterocycles. The van der Waals surface area contributed by atoms with Crippen LogP contribution in [0.15, 0.2) is 24.3 Å². The number of hydrogen-bond donors (Lipinski definition) is 1. The number of amides is 1. The lowest BCUT2D eigenvalue weighted by atomic mass is 9.82. The fourth-order valence-corrected chi connectivity index (χ4v) is 2.44. The first-order chi connectivity index (χ1) is 7.44. The molecular weight excluding hydrogens is 200 g/mol. The predicted molar refractivity (Wildman–Crippen MR) is 65.4 cm³/mol. The molecule has 0 fully saturated rings. The van der Waals surface area contributed by atoms with Crippen LogP contribution in [-0.4, -0.2) is 17.5 Å². The van der Waals surface area contributed by atoms with Gasteiger partial charge in [-0.2, -0.15) is 0 Å². The van der Waals surface area contributed by atoms with Crippen molar-refractivity contribution in [1.82, 2.24) is 0 Å². The molecule has 1 unspecified atom stereocenters. The van der Waals surface area contributed by atoms with Crippen molar-refractivity contribution in [3.05, 3.63) is 29.8 Å². The monoisotopic (exact) mass is 218 g/mol. The van der Waals surface area contributed by atoms with Gasteiger partial charge in [0.25, 0.3) is 0 Å². The van der Waals surface area contributed by atoms with Crippen molar-refractivity contribution < 1.29 is 4.79 Å². The van der Waals surface area contributed by atoms with Gasteiger partial charge in [0.15, 0.2) is 0 Å². The summed E-state index contributed by atoms with van der Waals surface area (Å²) in [7, 11) is 0. The zero-order chi connectivity index (χ0) is 11.9. The quantitative estimate of drug-likeness (QED) is 0.720. The second kappa shape index (κ2) is 3.59. The standard InChI is InChI=1S/C13H18N2O/c1-9(16)15-11-7-5-4-6-10(11)8-12(14)13(15,2)3/h4-7,12H,8,14H2,1-3H3. The minimum absolute atomic E-state index is 0.0219. The van der Waals surface area contributed by atoms with Gasteiger partial charge in [-0.1, -0.05) is 18.2 Å². The summed E-state index contributed by atoms with van der Waals surface area (Å²) in [6.45, 7) is 5.64. The SMILES string of the molecule is CC(=O)N1c2ccccc2CC(N)C1(C)C. The molecule has 1 atom stereocenters. The van der Waals surface area contributed by atoms with Gasteiger partial charge in [-0.15, -0.1) is 0 Å². The number of benzene rings is 1. The molecule has 1 aromatic rings. The molecule has 16 heavy (non-hydrogen) atoms. The summed E-state index contributed by atoms with van der Waals surface area (Å²) in [5.41, 5.74) is 8.00. The van der Waals surface area contributed by atoms with E-state index in [9.17, 15) is 4.79 Å². The minimum atomic E-state index is -0.319. The molecule has 3 heteroatoms. The molecule has 0 aliphatic carbocycles. The van der Waals surface area contributed by atoms with Gasteiger partial charge < -0.3 is 10.6 Å². The normalized spacial score (nSPS) is 22.8. The van der Waals surface area contributed by atoms with Gasteiger partial charge in [0, 0.05) is 18.7 Å². The fraction of sp³-hybridized carbons (Fsp3) is 0.462. The Morgan fingerprint density at radius 3 is 2.69 bits per heavy atom. The Kier molecular flexibility index (Phi) is 2.50. The van der Waals surface area contributed by atoms with Gasteiger partial charge >= 0.3 is 0 Å². The maximum atomic E-state index is 11.8. The zero-order valence-electron chi connectivity index (χ0n) is 10.0. The fourth-order valence-electron chi connectivity index (χ4n) is 2.44. The molecule has 86 valence electrons. The molecule has 0 saturated carbocycles. The van der Waals surface area contributed by atoms with Gasteiger partial charge in [-0.05, 0) is 31.9 Å². The minimum Gasteiger partial charge on any atom is -0.325 e. The maximum absolute atomic E-state index is 11.8. The summed E-state index contributed by atoms with van der Waals surface area (Å²) in [5.74, 6) is 0.0487. The molecular formula is C13H18N2O. The highest BCUT2D eigenvalue weighted by atomic mass is 16.2. The van der Waals surface area contributed by atoms with E-state index in [1.54, 1.807) is 6.92 Å². The number of nitrogens with two attached hydrogens (primary N) is 1. The van der Waals surface area contributed by atoms with Crippen LogP contribution < -0.4 is 10.6 Å². The topological polar surface area (TPSA) is 46.3 Å². The number of fused-ring (bicyclic) bond motifs is 1. The van der Waals surface area contributed by atoms with E-state index < -0.39 is 0 Å². The van der Waals surface area contributed by atoms with Crippen LogP contribution in [0.5, 0.6) is 0 Å². The third-order valence-electron chi connectivity index (χ3n) is 3.47. The molecule has 2 N–H and O–H groups in total. The Balaban J connectivity index is 2.58. The van der Waals surface area contributed by atoms with E-state index in [1.165, 1.54) is 0 Å². The van der Waals surface area contributed by atoms with E-state index in [2.05, 4.69) is 0 Å². The van der Waals surface area contributed by atoms with Crippen molar-refractivity contribution in [2.75, 3.05) is 4.90 Å². The van der Waals surface area contributed by atoms with E-state index in [0.29, 0.717) is 0 Å². The molecule has 3 nitrogen and oxygen atoms in total. The average molecular weight is 218 g/mol. The first-order valence-electron chi connectivity index (χ1n) is 5.59. The Bertz CT molecular complexity index is 426. The Morgan fingerprint density at radius 2 is 2.06 bits per heavy atom. The van der Waals surface area contributed by atoms with Crippen molar-refractivity contribution in [1.29, 1.82) is 0 Å². The predicted octanol–water partition coefficient (Wildman–Crippen LogP) is 1.70. The lowest BCUT2D eigenvalue weighted by Crippen LogP contribution is -2.61. The van der Waals surface area contributed by atoms with E-state index in [4.69, 9.17) is 5.73 Å². The number of nitrogens with zero attached hydrogens (tertiary/aromatic N) is 1. The highest BCUT2D eigenvalue weighted by Gasteiger charge is 2.40. The van der Waals surface area contributed by atoms with Crippen molar-refractivity contribution in [2.24, 2.45) is 5.73 Å². The first kappa shape index (κ1) is 11.1. The largest absolute Gasteiger partial charge is 0.325 e. The smallest absolute Gasteiger partial charge is 0.224 e. The Hall–Kier alpha value is -1.35. The van der Waals surface area contributed by atoms with Gasteiger partial charge in [0.05, 0.1) is 5.54 Å². The molecule has 2 rings (SSSR count). The highest BCUT2D eigenvalue weighted by Crippen LogP contribution is 2.35. The van der Waals surface area contributed by atoms with E-state index in [-0.39, 0.29) is 17.5 Å². The summed E-state index contributed by atoms with van der Waals surface area (Å²) < 4.78 is 0. The van der Waals surface area contributed by atoms with E-state index >= 15 is 0 Å². The van der Waals surface area contributed by atoms with E-state index in [1.807, 2.05) is 43.0 Å². The molecule has 1 aliphatic rings. The summed E-state index contributed by atoms with van der Waals surface area (Å²) in [5, 5.41) is 0. The van der Waals surface area contributed by atoms with Crippen molar-refractivity contribution in [2.45, 2.75) is 38.8 Å². The van der Waals surface area contributed by atoms with Crippen molar-refractivity contribution in [3.8, 4) is 0 Å². The molecule has 0 saturated heterocycles. The van der Waals surface area contributed by atoms with Crippen LogP contribution in [0.1, 0.15) is 26.3 Å². The van der Waals surface area contributed by atoms with Gasteiger partial charge in [0.1, 0.15) is 0 Å². The van der Waals surface area contributed by atoms with Crippen LogP contribution in [-0.2, 0) is 11.2 Å². The molecule has 0 bridgehead atoms. The van der Waals surface area contributed by atoms with Crippen molar-refractivity contribution in [3.63, 3.8) is 0 Å². The lowest BCUT2D eigenvalue weighted by Gasteiger charge is -2.47. The van der Waals surface area contributed by atoms with Crippen LogP contribution >= 0.6 is 0 Å². The lowest BCUT2D eigenvalue weighted by molar-refractivity contribution is -0.117. The van der Waals surface area contributed by atoms with Crippen LogP contribution in [0.3, 0.4) is 0 Å². The highest BCUT2D eigenvalue weighted by molar-refractivity contribution is 5.94. The summed E-state index contributed by atoms with van der Waals surface area (Å²) >= 11 is 0. The van der Waals surface area contributed by atoms with Gasteiger partial charge in [-0.3, -0.25) is 4.79 Å². The number of hydrogen-bond acceptors (Lipinski definition) is 2. The molecule has 1 aromatic carbocycles. The van der Waals surface area contributed by atoms with Crippen LogP contribution in [0.2, 0.25) is 0 Å². The second-order valence-electron chi connectivity index (χ2n) is 4.95. The van der Waals surface area contributed by atoms with Gasteiger partial charge in [-0.25, -0.2) is 0 Å². The Labute approximate surface area is 96.2 Å². The number of carbonyl (C=O) groups is 1. The summed E-state index contributed by atoms with van der Waals surface area (Å²) in [6, 6.07) is 7.96. The van der Waals surface area contributed by atoms with Crippen LogP contribution in [0.4, 0.5) is 5.69 Å². The second-order valence-corrected chi connectivity index (χ2v) is 4.95. The third kappa shape index (κ3) is 1.52. The van der Waals surface area contributed by atoms with Crippen LogP contribution in [0.25, 0.3) is 0 Å². The molecule has 0 spiro atoms. The summed E-state index contributed by atoms with van der Waals surface area (Å²) in [6.07, 6.45) is 0.826. The van der Waals surface area contributed by atoms with E-state index in [0.717, 1.165) is 17.7 Å². The van der Waals surface area contributed by atoms with Gasteiger partial charge in [0.2, 0.25) is 5.91 Å². The third-order valence-corrected chi connectivity index (χ3v) is 3.47.